The molecule has 1 saturated heterocycles. The number of ether oxygens (including phenoxy) is 1. The number of carbonyl (C=O) groups excluding carboxylic acids is 2. The molecule has 1 aromatic heterocycles. The summed E-state index contributed by atoms with van der Waals surface area (Å²) in [6.07, 6.45) is 6.19. The number of likely N-dealkylation sites (N-methyl/N-ethyl adjacent to an activating group) is 1. The third-order valence-electron chi connectivity index (χ3n) is 8.07. The van der Waals surface area contributed by atoms with Crippen LogP contribution >= 0.6 is 0 Å². The van der Waals surface area contributed by atoms with Crippen LogP contribution in [0.1, 0.15) is 54.7 Å². The summed E-state index contributed by atoms with van der Waals surface area (Å²) in [5.41, 5.74) is 3.47. The minimum Gasteiger partial charge on any atom is -0.450 e. The summed E-state index contributed by atoms with van der Waals surface area (Å²) in [5.74, 6) is -0.0406. The normalized spacial score (nSPS) is 21.4. The molecule has 2 heterocycles. The number of nitrogens with one attached hydrogen (secondary N) is 1. The summed E-state index contributed by atoms with van der Waals surface area (Å²) in [6.45, 7) is 4.31. The van der Waals surface area contributed by atoms with Gasteiger partial charge in [0, 0.05) is 38.3 Å². The number of imidazole rings is 1. The number of rotatable bonds is 7. The van der Waals surface area contributed by atoms with Gasteiger partial charge in [-0.1, -0.05) is 73.5 Å². The van der Waals surface area contributed by atoms with Gasteiger partial charge in [0.15, 0.2) is 5.69 Å². The first kappa shape index (κ1) is 26.9. The minimum absolute atomic E-state index is 0.000510. The standard InChI is InChI=1S/C31H39N5O3/c1-3-39-31(38)34(2)26-16-10-11-17-27(26)36-22-33-28(29(36)24-14-8-5-9-15-24)30(37)35-19-18-32-21-25(35)20-23-12-6-4-7-13-23/h4-9,12-15,22,25-27,32H,3,10-11,16-21H2,1-2H3/t25-,26+,27+/m1/s1. The van der Waals surface area contributed by atoms with Gasteiger partial charge in [-0.3, -0.25) is 4.79 Å². The maximum absolute atomic E-state index is 14.2. The molecule has 3 aromatic rings. The molecule has 39 heavy (non-hydrogen) atoms. The first-order valence-electron chi connectivity index (χ1n) is 14.2. The Morgan fingerprint density at radius 2 is 1.77 bits per heavy atom. The van der Waals surface area contributed by atoms with E-state index in [0.29, 0.717) is 18.8 Å². The minimum atomic E-state index is -0.309. The molecule has 8 nitrogen and oxygen atoms in total. The van der Waals surface area contributed by atoms with Gasteiger partial charge in [-0.05, 0) is 31.7 Å². The Labute approximate surface area is 231 Å². The molecule has 0 radical (unpaired) electrons. The van der Waals surface area contributed by atoms with E-state index in [-0.39, 0.29) is 30.1 Å². The Morgan fingerprint density at radius 3 is 2.51 bits per heavy atom. The van der Waals surface area contributed by atoms with Gasteiger partial charge in [-0.15, -0.1) is 0 Å². The molecule has 1 saturated carbocycles. The molecule has 2 aliphatic rings. The van der Waals surface area contributed by atoms with Gasteiger partial charge < -0.3 is 24.4 Å². The highest BCUT2D eigenvalue weighted by atomic mass is 16.6. The summed E-state index contributed by atoms with van der Waals surface area (Å²) in [6, 6.07) is 20.4. The van der Waals surface area contributed by atoms with Crippen LogP contribution in [0.4, 0.5) is 4.79 Å². The highest BCUT2D eigenvalue weighted by Crippen LogP contribution is 2.37. The van der Waals surface area contributed by atoms with E-state index in [1.54, 1.807) is 4.90 Å². The lowest BCUT2D eigenvalue weighted by Crippen LogP contribution is -2.54. The van der Waals surface area contributed by atoms with Crippen LogP contribution in [0.5, 0.6) is 0 Å². The van der Waals surface area contributed by atoms with Crippen LogP contribution in [0.15, 0.2) is 67.0 Å². The van der Waals surface area contributed by atoms with Crippen LogP contribution in [-0.2, 0) is 11.2 Å². The molecule has 1 aliphatic carbocycles. The van der Waals surface area contributed by atoms with Crippen LogP contribution in [0.3, 0.4) is 0 Å². The molecule has 2 aromatic carbocycles. The van der Waals surface area contributed by atoms with Crippen molar-refractivity contribution in [1.29, 1.82) is 0 Å². The van der Waals surface area contributed by atoms with Crippen LogP contribution in [-0.4, -0.2) is 76.7 Å². The summed E-state index contributed by atoms with van der Waals surface area (Å²) in [7, 11) is 1.82. The van der Waals surface area contributed by atoms with Crippen molar-refractivity contribution >= 4 is 12.0 Å². The first-order valence-corrected chi connectivity index (χ1v) is 14.2. The Bertz CT molecular complexity index is 1250. The fraction of sp³-hybridized carbons (Fsp3) is 0.452. The lowest BCUT2D eigenvalue weighted by atomic mass is 9.88. The van der Waals surface area contributed by atoms with E-state index in [2.05, 4.69) is 22.0 Å². The van der Waals surface area contributed by atoms with Crippen molar-refractivity contribution in [2.24, 2.45) is 0 Å². The topological polar surface area (TPSA) is 79.7 Å². The second-order valence-corrected chi connectivity index (χ2v) is 10.5. The van der Waals surface area contributed by atoms with Crippen molar-refractivity contribution in [3.05, 3.63) is 78.2 Å². The molecule has 2 amide bonds. The number of carbonyl (C=O) groups is 2. The molecule has 5 rings (SSSR count). The fourth-order valence-electron chi connectivity index (χ4n) is 6.11. The van der Waals surface area contributed by atoms with E-state index in [4.69, 9.17) is 9.72 Å². The van der Waals surface area contributed by atoms with Crippen LogP contribution in [0.25, 0.3) is 11.3 Å². The van der Waals surface area contributed by atoms with Gasteiger partial charge in [-0.25, -0.2) is 9.78 Å². The summed E-state index contributed by atoms with van der Waals surface area (Å²) >= 11 is 0. The molecule has 2 fully saturated rings. The Kier molecular flexibility index (Phi) is 8.61. The lowest BCUT2D eigenvalue weighted by Gasteiger charge is -2.39. The fourth-order valence-corrected chi connectivity index (χ4v) is 6.11. The van der Waals surface area contributed by atoms with E-state index < -0.39 is 0 Å². The third kappa shape index (κ3) is 5.86. The second-order valence-electron chi connectivity index (χ2n) is 10.5. The smallest absolute Gasteiger partial charge is 0.409 e. The number of benzene rings is 2. The number of nitrogens with zero attached hydrogens (tertiary/aromatic N) is 4. The molecular formula is C31H39N5O3. The molecule has 8 heteroatoms. The van der Waals surface area contributed by atoms with Crippen molar-refractivity contribution in [3.63, 3.8) is 0 Å². The summed E-state index contributed by atoms with van der Waals surface area (Å²) in [4.78, 5) is 35.4. The molecule has 0 bridgehead atoms. The highest BCUT2D eigenvalue weighted by molar-refractivity contribution is 5.98. The van der Waals surface area contributed by atoms with Gasteiger partial charge in [-0.2, -0.15) is 0 Å². The summed E-state index contributed by atoms with van der Waals surface area (Å²) in [5, 5.41) is 3.46. The maximum atomic E-state index is 14.2. The van der Waals surface area contributed by atoms with Crippen LogP contribution < -0.4 is 5.32 Å². The molecular weight excluding hydrogens is 490 g/mol. The number of hydrogen-bond donors (Lipinski definition) is 1. The number of hydrogen-bond acceptors (Lipinski definition) is 5. The maximum Gasteiger partial charge on any atom is 0.409 e. The Morgan fingerprint density at radius 1 is 1.05 bits per heavy atom. The number of aromatic nitrogens is 2. The Hall–Kier alpha value is -3.65. The monoisotopic (exact) mass is 529 g/mol. The van der Waals surface area contributed by atoms with Gasteiger partial charge in [0.2, 0.25) is 0 Å². The van der Waals surface area contributed by atoms with E-state index >= 15 is 0 Å². The predicted octanol–water partition coefficient (Wildman–Crippen LogP) is 4.78. The van der Waals surface area contributed by atoms with Gasteiger partial charge in [0.25, 0.3) is 5.91 Å². The van der Waals surface area contributed by atoms with E-state index in [9.17, 15) is 9.59 Å². The quantitative estimate of drug-likeness (QED) is 0.477. The van der Waals surface area contributed by atoms with E-state index in [1.807, 2.05) is 73.7 Å². The van der Waals surface area contributed by atoms with E-state index in [1.165, 1.54) is 5.56 Å². The van der Waals surface area contributed by atoms with Crippen molar-refractivity contribution < 1.29 is 14.3 Å². The van der Waals surface area contributed by atoms with Gasteiger partial charge >= 0.3 is 6.09 Å². The van der Waals surface area contributed by atoms with E-state index in [0.717, 1.165) is 56.5 Å². The van der Waals surface area contributed by atoms with Crippen molar-refractivity contribution in [3.8, 4) is 11.3 Å². The zero-order valence-electron chi connectivity index (χ0n) is 23.0. The molecule has 3 atom stereocenters. The molecule has 1 N–H and O–H groups in total. The largest absolute Gasteiger partial charge is 0.450 e. The molecule has 0 spiro atoms. The third-order valence-corrected chi connectivity index (χ3v) is 8.07. The van der Waals surface area contributed by atoms with Crippen molar-refractivity contribution in [2.75, 3.05) is 33.3 Å². The summed E-state index contributed by atoms with van der Waals surface area (Å²) < 4.78 is 7.48. The van der Waals surface area contributed by atoms with Crippen molar-refractivity contribution in [2.45, 2.75) is 57.2 Å². The number of piperazine rings is 1. The Balaban J connectivity index is 1.51. The zero-order chi connectivity index (χ0) is 27.2. The number of amides is 2. The second kappa shape index (κ2) is 12.5. The molecule has 206 valence electrons. The molecule has 0 unspecified atom stereocenters. The van der Waals surface area contributed by atoms with Gasteiger partial charge in [0.05, 0.1) is 30.7 Å². The average Bonchev–Trinajstić information content (AvgIpc) is 3.43. The van der Waals surface area contributed by atoms with Gasteiger partial charge in [0.1, 0.15) is 0 Å². The SMILES string of the molecule is CCOC(=O)N(C)[C@H]1CCCC[C@@H]1n1cnc(C(=O)N2CCNC[C@H]2Cc2ccccc2)c1-c1ccccc1. The lowest BCUT2D eigenvalue weighted by molar-refractivity contribution is 0.0629. The highest BCUT2D eigenvalue weighted by Gasteiger charge is 2.37. The van der Waals surface area contributed by atoms with Crippen LogP contribution in [0.2, 0.25) is 0 Å². The molecule has 1 aliphatic heterocycles. The van der Waals surface area contributed by atoms with Crippen LogP contribution in [0, 0.1) is 0 Å². The van der Waals surface area contributed by atoms with Crippen molar-refractivity contribution in [1.82, 2.24) is 24.7 Å². The zero-order valence-corrected chi connectivity index (χ0v) is 23.0. The first-order chi connectivity index (χ1) is 19.1. The predicted molar refractivity (Wildman–Crippen MR) is 152 cm³/mol. The average molecular weight is 530 g/mol.